The lowest BCUT2D eigenvalue weighted by atomic mass is 10.00. The molecule has 1 aromatic carbocycles. The molecule has 0 unspecified atom stereocenters. The van der Waals surface area contributed by atoms with Crippen molar-refractivity contribution in [1.82, 2.24) is 0 Å². The van der Waals surface area contributed by atoms with Crippen molar-refractivity contribution in [3.05, 3.63) is 46.8 Å². The quantitative estimate of drug-likeness (QED) is 0.779. The van der Waals surface area contributed by atoms with Crippen LogP contribution in [0.25, 0.3) is 0 Å². The third-order valence-corrected chi connectivity index (χ3v) is 2.87. The monoisotopic (exact) mass is 227 g/mol. The minimum Gasteiger partial charge on any atom is -0.324 e. The summed E-state index contributed by atoms with van der Waals surface area (Å²) in [6.45, 7) is 5.45. The predicted molar refractivity (Wildman–Crippen MR) is 62.5 cm³/mol. The van der Waals surface area contributed by atoms with E-state index in [-0.39, 0.29) is 11.9 Å². The number of nitrogens with two attached hydrogens (primary N) is 1. The number of hydrogen-bond donors (Lipinski definition) is 1. The van der Waals surface area contributed by atoms with E-state index >= 15 is 0 Å². The molecule has 0 saturated heterocycles. The van der Waals surface area contributed by atoms with Crippen molar-refractivity contribution in [1.29, 1.82) is 0 Å². The summed E-state index contributed by atoms with van der Waals surface area (Å²) in [4.78, 5) is 0. The second-order valence-electron chi connectivity index (χ2n) is 3.56. The Balaban J connectivity index is 3.01. The Bertz CT molecular complexity index is 363. The summed E-state index contributed by atoms with van der Waals surface area (Å²) in [5, 5.41) is 0.437. The molecule has 0 spiro atoms. The molecule has 0 amide bonds. The molecule has 0 aliphatic rings. The Morgan fingerprint density at radius 3 is 2.87 bits per heavy atom. The predicted octanol–water partition coefficient (Wildman–Crippen LogP) is 3.75. The molecular formula is C12H15ClFN. The fourth-order valence-corrected chi connectivity index (χ4v) is 1.75. The molecule has 0 aliphatic carbocycles. The molecule has 0 heterocycles. The first-order valence-electron chi connectivity index (χ1n) is 4.89. The maximum Gasteiger partial charge on any atom is 0.129 e. The number of benzene rings is 1. The number of aryl methyl sites for hydroxylation is 1. The lowest BCUT2D eigenvalue weighted by Crippen LogP contribution is -2.13. The molecule has 0 fully saturated rings. The Hall–Kier alpha value is -0.860. The summed E-state index contributed by atoms with van der Waals surface area (Å²) in [6.07, 6.45) is 3.18. The van der Waals surface area contributed by atoms with Gasteiger partial charge < -0.3 is 5.73 Å². The first-order valence-corrected chi connectivity index (χ1v) is 5.26. The maximum atomic E-state index is 13.5. The van der Waals surface area contributed by atoms with Gasteiger partial charge in [-0.2, -0.15) is 0 Å². The average Bonchev–Trinajstić information content (AvgIpc) is 2.21. The van der Waals surface area contributed by atoms with Gasteiger partial charge >= 0.3 is 0 Å². The lowest BCUT2D eigenvalue weighted by molar-refractivity contribution is 0.566. The summed E-state index contributed by atoms with van der Waals surface area (Å²) in [7, 11) is 0. The van der Waals surface area contributed by atoms with Crippen LogP contribution in [0.2, 0.25) is 5.02 Å². The van der Waals surface area contributed by atoms with Crippen LogP contribution in [-0.4, -0.2) is 0 Å². The van der Waals surface area contributed by atoms with Crippen LogP contribution in [0.1, 0.15) is 30.0 Å². The zero-order chi connectivity index (χ0) is 11.4. The van der Waals surface area contributed by atoms with Crippen molar-refractivity contribution in [3.63, 3.8) is 0 Å². The molecule has 0 radical (unpaired) electrons. The molecule has 0 aliphatic heterocycles. The summed E-state index contributed by atoms with van der Waals surface area (Å²) in [5.74, 6) is -0.331. The van der Waals surface area contributed by atoms with E-state index in [1.807, 2.05) is 6.92 Å². The van der Waals surface area contributed by atoms with E-state index < -0.39 is 0 Å². The largest absolute Gasteiger partial charge is 0.324 e. The van der Waals surface area contributed by atoms with E-state index in [0.29, 0.717) is 17.0 Å². The smallest absolute Gasteiger partial charge is 0.129 e. The van der Waals surface area contributed by atoms with E-state index in [1.165, 1.54) is 6.07 Å². The van der Waals surface area contributed by atoms with Gasteiger partial charge in [0.15, 0.2) is 0 Å². The van der Waals surface area contributed by atoms with Crippen molar-refractivity contribution in [2.24, 2.45) is 5.73 Å². The number of hydrogen-bond acceptors (Lipinski definition) is 1. The van der Waals surface area contributed by atoms with Crippen molar-refractivity contribution >= 4 is 11.6 Å². The van der Waals surface area contributed by atoms with Crippen LogP contribution in [0.5, 0.6) is 0 Å². The molecule has 1 atom stereocenters. The molecule has 1 rings (SSSR count). The van der Waals surface area contributed by atoms with Gasteiger partial charge in [-0.15, -0.1) is 6.58 Å². The fraction of sp³-hybridized carbons (Fsp3) is 0.333. The number of allylic oxidation sites excluding steroid dienone is 1. The SMILES string of the molecule is C=CCC[C@@H](N)c1c(F)ccc(C)c1Cl. The molecule has 1 aromatic rings. The summed E-state index contributed by atoms with van der Waals surface area (Å²) in [6, 6.07) is 2.70. The molecule has 3 heteroatoms. The van der Waals surface area contributed by atoms with E-state index in [2.05, 4.69) is 6.58 Å². The molecule has 0 aromatic heterocycles. The zero-order valence-corrected chi connectivity index (χ0v) is 9.52. The van der Waals surface area contributed by atoms with Crippen LogP contribution < -0.4 is 5.73 Å². The Labute approximate surface area is 94.7 Å². The molecule has 1 nitrogen and oxygen atoms in total. The third kappa shape index (κ3) is 2.80. The maximum absolute atomic E-state index is 13.5. The molecule has 82 valence electrons. The van der Waals surface area contributed by atoms with E-state index in [4.69, 9.17) is 17.3 Å². The number of halogens is 2. The average molecular weight is 228 g/mol. The minimum absolute atomic E-state index is 0.331. The van der Waals surface area contributed by atoms with Crippen LogP contribution in [0.3, 0.4) is 0 Å². The first-order chi connectivity index (χ1) is 7.07. The number of rotatable bonds is 4. The molecule has 2 N–H and O–H groups in total. The van der Waals surface area contributed by atoms with Crippen LogP contribution in [0.4, 0.5) is 4.39 Å². The van der Waals surface area contributed by atoms with E-state index in [1.54, 1.807) is 12.1 Å². The van der Waals surface area contributed by atoms with E-state index in [0.717, 1.165) is 12.0 Å². The van der Waals surface area contributed by atoms with Crippen LogP contribution in [0, 0.1) is 12.7 Å². The Morgan fingerprint density at radius 1 is 1.60 bits per heavy atom. The Morgan fingerprint density at radius 2 is 2.27 bits per heavy atom. The standard InChI is InChI=1S/C12H15ClFN/c1-3-4-5-10(15)11-9(14)7-6-8(2)12(11)13/h3,6-7,10H,1,4-5,15H2,2H3/t10-/m1/s1. The summed E-state index contributed by atoms with van der Waals surface area (Å²) in [5.41, 5.74) is 7.14. The third-order valence-electron chi connectivity index (χ3n) is 2.37. The van der Waals surface area contributed by atoms with Crippen molar-refractivity contribution < 1.29 is 4.39 Å². The van der Waals surface area contributed by atoms with Gasteiger partial charge in [-0.05, 0) is 31.4 Å². The zero-order valence-electron chi connectivity index (χ0n) is 8.76. The molecule has 0 bridgehead atoms. The van der Waals surface area contributed by atoms with E-state index in [9.17, 15) is 4.39 Å². The highest BCUT2D eigenvalue weighted by Gasteiger charge is 2.16. The Kier molecular flexibility index (Phi) is 4.30. The van der Waals surface area contributed by atoms with Gasteiger partial charge in [0, 0.05) is 11.6 Å². The minimum atomic E-state index is -0.365. The van der Waals surface area contributed by atoms with Crippen LogP contribution >= 0.6 is 11.6 Å². The van der Waals surface area contributed by atoms with Gasteiger partial charge in [0.05, 0.1) is 5.02 Å². The van der Waals surface area contributed by atoms with Gasteiger partial charge in [0.25, 0.3) is 0 Å². The molecular weight excluding hydrogens is 213 g/mol. The van der Waals surface area contributed by atoms with Gasteiger partial charge in [-0.1, -0.05) is 23.7 Å². The summed E-state index contributed by atoms with van der Waals surface area (Å²) < 4.78 is 13.5. The lowest BCUT2D eigenvalue weighted by Gasteiger charge is -2.15. The highest BCUT2D eigenvalue weighted by molar-refractivity contribution is 6.32. The van der Waals surface area contributed by atoms with Gasteiger partial charge in [-0.25, -0.2) is 4.39 Å². The van der Waals surface area contributed by atoms with Crippen molar-refractivity contribution in [2.45, 2.75) is 25.8 Å². The molecule has 15 heavy (non-hydrogen) atoms. The van der Waals surface area contributed by atoms with Crippen LogP contribution in [-0.2, 0) is 0 Å². The highest BCUT2D eigenvalue weighted by Crippen LogP contribution is 2.29. The first kappa shape index (κ1) is 12.2. The van der Waals surface area contributed by atoms with Gasteiger partial charge in [-0.3, -0.25) is 0 Å². The fourth-order valence-electron chi connectivity index (χ4n) is 1.46. The summed E-state index contributed by atoms with van der Waals surface area (Å²) >= 11 is 6.03. The normalized spacial score (nSPS) is 12.5. The second kappa shape index (κ2) is 5.29. The van der Waals surface area contributed by atoms with Crippen LogP contribution in [0.15, 0.2) is 24.8 Å². The van der Waals surface area contributed by atoms with Gasteiger partial charge in [0.1, 0.15) is 5.82 Å². The second-order valence-corrected chi connectivity index (χ2v) is 3.94. The molecule has 0 saturated carbocycles. The van der Waals surface area contributed by atoms with Crippen molar-refractivity contribution in [3.8, 4) is 0 Å². The van der Waals surface area contributed by atoms with Crippen molar-refractivity contribution in [2.75, 3.05) is 0 Å². The van der Waals surface area contributed by atoms with Gasteiger partial charge in [0.2, 0.25) is 0 Å². The topological polar surface area (TPSA) is 26.0 Å². The highest BCUT2D eigenvalue weighted by atomic mass is 35.5.